The zero-order valence-electron chi connectivity index (χ0n) is 8.58. The van der Waals surface area contributed by atoms with Crippen molar-refractivity contribution < 1.29 is 4.74 Å². The van der Waals surface area contributed by atoms with Crippen molar-refractivity contribution in [2.24, 2.45) is 0 Å². The first-order valence-corrected chi connectivity index (χ1v) is 5.61. The van der Waals surface area contributed by atoms with E-state index in [1.165, 1.54) is 5.56 Å². The van der Waals surface area contributed by atoms with Crippen LogP contribution in [0.4, 0.5) is 0 Å². The maximum absolute atomic E-state index is 5.79. The van der Waals surface area contributed by atoms with Crippen LogP contribution < -0.4 is 0 Å². The van der Waals surface area contributed by atoms with Gasteiger partial charge in [-0.15, -0.1) is 11.6 Å². The Morgan fingerprint density at radius 3 is 2.57 bits per heavy atom. The maximum Gasteiger partial charge on any atom is 0.0721 e. The van der Waals surface area contributed by atoms with Crippen molar-refractivity contribution in [2.75, 3.05) is 5.88 Å². The van der Waals surface area contributed by atoms with E-state index in [-0.39, 0.29) is 6.10 Å². The van der Waals surface area contributed by atoms with Crippen LogP contribution in [0.25, 0.3) is 0 Å². The molecule has 14 heavy (non-hydrogen) atoms. The minimum atomic E-state index is 0.196. The van der Waals surface area contributed by atoms with Gasteiger partial charge < -0.3 is 4.74 Å². The summed E-state index contributed by atoms with van der Waals surface area (Å²) in [5, 5.41) is 0. The highest BCUT2D eigenvalue weighted by Crippen LogP contribution is 2.08. The zero-order chi connectivity index (χ0) is 10.2. The van der Waals surface area contributed by atoms with Crippen LogP contribution in [0, 0.1) is 0 Å². The molecule has 0 aliphatic rings. The lowest BCUT2D eigenvalue weighted by Gasteiger charge is -2.13. The van der Waals surface area contributed by atoms with E-state index in [9.17, 15) is 0 Å². The molecule has 78 valence electrons. The second kappa shape index (κ2) is 6.86. The van der Waals surface area contributed by atoms with E-state index in [4.69, 9.17) is 16.3 Å². The Balaban J connectivity index is 2.32. The third-order valence-electron chi connectivity index (χ3n) is 2.11. The molecule has 0 heterocycles. The summed E-state index contributed by atoms with van der Waals surface area (Å²) in [6, 6.07) is 10.2. The van der Waals surface area contributed by atoms with Crippen LogP contribution in [0.2, 0.25) is 0 Å². The fourth-order valence-electron chi connectivity index (χ4n) is 1.32. The zero-order valence-corrected chi connectivity index (χ0v) is 9.33. The van der Waals surface area contributed by atoms with Crippen molar-refractivity contribution in [1.29, 1.82) is 0 Å². The van der Waals surface area contributed by atoms with Gasteiger partial charge in [0.15, 0.2) is 0 Å². The van der Waals surface area contributed by atoms with Gasteiger partial charge in [-0.2, -0.15) is 0 Å². The van der Waals surface area contributed by atoms with Crippen LogP contribution in [-0.2, 0) is 11.3 Å². The molecule has 0 aliphatic carbocycles. The molecule has 0 aromatic heterocycles. The second-order valence-corrected chi connectivity index (χ2v) is 3.67. The van der Waals surface area contributed by atoms with Crippen molar-refractivity contribution in [1.82, 2.24) is 0 Å². The standard InChI is InChI=1S/C12H17ClO/c1-2-6-12(9-13)14-10-11-7-4-3-5-8-11/h3-5,7-8,12H,2,6,9-10H2,1H3. The van der Waals surface area contributed by atoms with Gasteiger partial charge >= 0.3 is 0 Å². The Labute approximate surface area is 91.0 Å². The molecule has 0 saturated carbocycles. The molecule has 0 fully saturated rings. The smallest absolute Gasteiger partial charge is 0.0721 e. The predicted molar refractivity (Wildman–Crippen MR) is 60.6 cm³/mol. The fourth-order valence-corrected chi connectivity index (χ4v) is 1.56. The molecule has 1 nitrogen and oxygen atoms in total. The number of benzene rings is 1. The summed E-state index contributed by atoms with van der Waals surface area (Å²) in [6.07, 6.45) is 2.35. The molecule has 0 N–H and O–H groups in total. The van der Waals surface area contributed by atoms with Crippen LogP contribution in [0.1, 0.15) is 25.3 Å². The van der Waals surface area contributed by atoms with Gasteiger partial charge in [0.25, 0.3) is 0 Å². The van der Waals surface area contributed by atoms with Gasteiger partial charge in [-0.1, -0.05) is 43.7 Å². The number of rotatable bonds is 6. The Morgan fingerprint density at radius 1 is 1.29 bits per heavy atom. The predicted octanol–water partition coefficient (Wildman–Crippen LogP) is 3.61. The number of alkyl halides is 1. The normalized spacial score (nSPS) is 12.7. The number of hydrogen-bond donors (Lipinski definition) is 0. The van der Waals surface area contributed by atoms with Crippen LogP contribution in [0.15, 0.2) is 30.3 Å². The third-order valence-corrected chi connectivity index (χ3v) is 2.46. The van der Waals surface area contributed by atoms with Crippen molar-refractivity contribution in [3.8, 4) is 0 Å². The minimum Gasteiger partial charge on any atom is -0.372 e. The van der Waals surface area contributed by atoms with E-state index >= 15 is 0 Å². The molecule has 1 aromatic rings. The summed E-state index contributed by atoms with van der Waals surface area (Å²) in [4.78, 5) is 0. The second-order valence-electron chi connectivity index (χ2n) is 3.36. The van der Waals surface area contributed by atoms with E-state index in [0.29, 0.717) is 12.5 Å². The van der Waals surface area contributed by atoms with Crippen LogP contribution in [0.5, 0.6) is 0 Å². The summed E-state index contributed by atoms with van der Waals surface area (Å²) in [6.45, 7) is 2.81. The monoisotopic (exact) mass is 212 g/mol. The molecule has 1 rings (SSSR count). The van der Waals surface area contributed by atoms with Gasteiger partial charge in [0.2, 0.25) is 0 Å². The van der Waals surface area contributed by atoms with E-state index in [0.717, 1.165) is 12.8 Å². The largest absolute Gasteiger partial charge is 0.372 e. The fraction of sp³-hybridized carbons (Fsp3) is 0.500. The molecule has 0 spiro atoms. The molecule has 2 heteroatoms. The molecule has 1 aromatic carbocycles. The first-order chi connectivity index (χ1) is 6.86. The first kappa shape index (κ1) is 11.5. The highest BCUT2D eigenvalue weighted by atomic mass is 35.5. The minimum absolute atomic E-state index is 0.196. The summed E-state index contributed by atoms with van der Waals surface area (Å²) in [5.74, 6) is 0.584. The maximum atomic E-state index is 5.79. The van der Waals surface area contributed by atoms with Crippen molar-refractivity contribution in [3.05, 3.63) is 35.9 Å². The number of halogens is 1. The van der Waals surface area contributed by atoms with Crippen molar-refractivity contribution in [2.45, 2.75) is 32.5 Å². The van der Waals surface area contributed by atoms with Crippen molar-refractivity contribution >= 4 is 11.6 Å². The van der Waals surface area contributed by atoms with Crippen molar-refractivity contribution in [3.63, 3.8) is 0 Å². The molecular formula is C12H17ClO. The lowest BCUT2D eigenvalue weighted by Crippen LogP contribution is -2.14. The Morgan fingerprint density at radius 2 is 2.00 bits per heavy atom. The summed E-state index contributed by atoms with van der Waals surface area (Å²) < 4.78 is 5.69. The Kier molecular flexibility index (Phi) is 5.65. The number of hydrogen-bond acceptors (Lipinski definition) is 1. The van der Waals surface area contributed by atoms with Gasteiger partial charge in [0.05, 0.1) is 12.7 Å². The van der Waals surface area contributed by atoms with E-state index in [1.807, 2.05) is 18.2 Å². The first-order valence-electron chi connectivity index (χ1n) is 5.08. The van der Waals surface area contributed by atoms with Gasteiger partial charge in [-0.05, 0) is 12.0 Å². The summed E-state index contributed by atoms with van der Waals surface area (Å²) in [7, 11) is 0. The lowest BCUT2D eigenvalue weighted by molar-refractivity contribution is 0.0494. The highest BCUT2D eigenvalue weighted by molar-refractivity contribution is 6.18. The Hall–Kier alpha value is -0.530. The molecule has 0 radical (unpaired) electrons. The van der Waals surface area contributed by atoms with Gasteiger partial charge in [0, 0.05) is 5.88 Å². The Bertz CT molecular complexity index is 235. The van der Waals surface area contributed by atoms with Crippen LogP contribution in [-0.4, -0.2) is 12.0 Å². The van der Waals surface area contributed by atoms with E-state index < -0.39 is 0 Å². The van der Waals surface area contributed by atoms with Gasteiger partial charge in [-0.25, -0.2) is 0 Å². The molecular weight excluding hydrogens is 196 g/mol. The number of ether oxygens (including phenoxy) is 1. The SMILES string of the molecule is CCCC(CCl)OCc1ccccc1. The topological polar surface area (TPSA) is 9.23 Å². The van der Waals surface area contributed by atoms with Crippen LogP contribution in [0.3, 0.4) is 0 Å². The van der Waals surface area contributed by atoms with Gasteiger partial charge in [-0.3, -0.25) is 0 Å². The molecule has 0 amide bonds. The molecule has 1 unspecified atom stereocenters. The third kappa shape index (κ3) is 4.12. The highest BCUT2D eigenvalue weighted by Gasteiger charge is 2.05. The van der Waals surface area contributed by atoms with E-state index in [1.54, 1.807) is 0 Å². The summed E-state index contributed by atoms with van der Waals surface area (Å²) >= 11 is 5.79. The molecule has 0 saturated heterocycles. The quantitative estimate of drug-likeness (QED) is 0.655. The molecule has 1 atom stereocenters. The lowest BCUT2D eigenvalue weighted by atomic mass is 10.2. The summed E-state index contributed by atoms with van der Waals surface area (Å²) in [5.41, 5.74) is 1.21. The van der Waals surface area contributed by atoms with E-state index in [2.05, 4.69) is 19.1 Å². The molecule has 0 aliphatic heterocycles. The van der Waals surface area contributed by atoms with Gasteiger partial charge in [0.1, 0.15) is 0 Å². The average molecular weight is 213 g/mol. The average Bonchev–Trinajstić information content (AvgIpc) is 2.25. The van der Waals surface area contributed by atoms with Crippen LogP contribution >= 0.6 is 11.6 Å². The molecule has 0 bridgehead atoms.